The summed E-state index contributed by atoms with van der Waals surface area (Å²) in [5.74, 6) is 1.08. The first-order valence-electron chi connectivity index (χ1n) is 17.2. The minimum absolute atomic E-state index is 0.126. The first-order chi connectivity index (χ1) is 23.7. The van der Waals surface area contributed by atoms with E-state index in [0.717, 1.165) is 55.4 Å². The number of hydrogen-bond acceptors (Lipinski definition) is 8. The van der Waals surface area contributed by atoms with Crippen molar-refractivity contribution in [1.82, 2.24) is 28.9 Å². The van der Waals surface area contributed by atoms with Crippen LogP contribution in [0.2, 0.25) is 0 Å². The largest absolute Gasteiger partial charge is 0.393 e. The number of alkyl halides is 3. The summed E-state index contributed by atoms with van der Waals surface area (Å²) in [6.45, 7) is 11.7. The topological polar surface area (TPSA) is 102 Å². The van der Waals surface area contributed by atoms with Crippen LogP contribution >= 0.6 is 0 Å². The summed E-state index contributed by atoms with van der Waals surface area (Å²) in [4.78, 5) is 6.94. The van der Waals surface area contributed by atoms with Crippen LogP contribution in [-0.2, 0) is 29.5 Å². The van der Waals surface area contributed by atoms with Crippen LogP contribution in [0.1, 0.15) is 37.1 Å². The van der Waals surface area contributed by atoms with Crippen LogP contribution in [0.15, 0.2) is 48.7 Å². The molecule has 2 aromatic carbocycles. The van der Waals surface area contributed by atoms with Gasteiger partial charge in [-0.3, -0.25) is 9.80 Å². The molecule has 0 bridgehead atoms. The number of halogens is 3. The number of aromatic nitrogens is 3. The molecule has 5 heterocycles. The summed E-state index contributed by atoms with van der Waals surface area (Å²) in [5, 5.41) is 21.0. The van der Waals surface area contributed by atoms with Crippen LogP contribution in [0.5, 0.6) is 0 Å². The maximum Gasteiger partial charge on any atom is 0.393 e. The molecule has 1 spiro atoms. The molecule has 3 fully saturated rings. The third-order valence-electron chi connectivity index (χ3n) is 11.2. The quantitative estimate of drug-likeness (QED) is 0.256. The average molecular weight is 709 g/mol. The molecule has 0 aliphatic carbocycles. The number of piperazine rings is 1. The standard InChI is InChI=1S/C36H43F3N8O2S/c1-25-20-43(9-8-35(25)23-45(24-35)34-32-15-27(17-36(37,38)39)4-6-29(32)19-41-42-34)22-28-5-7-33-30(14-28)16-31(18-40)47(33)21-26(2)44-10-12-46(13-11-44)50(3,48)49/h4-7,14-16,19,25-26H,8-13,17,20-24H2,1-3H3. The number of likely N-dealkylation sites (tertiary alicyclic amines) is 1. The fourth-order valence-corrected chi connectivity index (χ4v) is 9.11. The molecule has 4 aromatic rings. The second-order valence-corrected chi connectivity index (χ2v) is 16.7. The number of nitrogens with zero attached hydrogens (tertiary/aromatic N) is 8. The summed E-state index contributed by atoms with van der Waals surface area (Å²) in [5.41, 5.74) is 3.19. The SMILES string of the molecule is CC(Cn1c(C#N)cc2cc(CN3CCC4(CN(c5nncc6ccc(CC(F)(F)F)cc56)C4)C(C)C3)ccc21)N1CCN(S(C)(=O)=O)CC1. The molecule has 14 heteroatoms. The Hall–Kier alpha value is -3.77. The predicted octanol–water partition coefficient (Wildman–Crippen LogP) is 4.88. The maximum atomic E-state index is 13.1. The molecule has 2 aromatic heterocycles. The second-order valence-electron chi connectivity index (χ2n) is 14.7. The summed E-state index contributed by atoms with van der Waals surface area (Å²) < 4.78 is 66.8. The molecular formula is C36H43F3N8O2S. The van der Waals surface area contributed by atoms with E-state index in [2.05, 4.69) is 67.6 Å². The van der Waals surface area contributed by atoms with E-state index in [1.54, 1.807) is 18.3 Å². The second kappa shape index (κ2) is 13.1. The van der Waals surface area contributed by atoms with Crippen LogP contribution in [-0.4, -0.2) is 108 Å². The Morgan fingerprint density at radius 3 is 2.44 bits per heavy atom. The molecule has 0 saturated carbocycles. The van der Waals surface area contributed by atoms with Gasteiger partial charge in [-0.05, 0) is 61.2 Å². The Balaban J connectivity index is 0.980. The van der Waals surface area contributed by atoms with Crippen molar-refractivity contribution in [3.8, 4) is 6.07 Å². The van der Waals surface area contributed by atoms with E-state index in [1.165, 1.54) is 22.2 Å². The number of piperidine rings is 1. The van der Waals surface area contributed by atoms with E-state index in [9.17, 15) is 26.9 Å². The first kappa shape index (κ1) is 34.7. The van der Waals surface area contributed by atoms with E-state index in [1.807, 2.05) is 6.07 Å². The van der Waals surface area contributed by atoms with Crippen molar-refractivity contribution in [2.75, 3.05) is 63.5 Å². The number of rotatable bonds is 8. The number of sulfonamides is 1. The lowest BCUT2D eigenvalue weighted by molar-refractivity contribution is -0.127. The molecule has 3 saturated heterocycles. The van der Waals surface area contributed by atoms with Gasteiger partial charge in [-0.2, -0.15) is 27.8 Å². The van der Waals surface area contributed by atoms with Crippen LogP contribution in [0.25, 0.3) is 21.7 Å². The Kier molecular flexibility index (Phi) is 9.07. The summed E-state index contributed by atoms with van der Waals surface area (Å²) in [6, 6.07) is 15.8. The van der Waals surface area contributed by atoms with Crippen molar-refractivity contribution < 1.29 is 21.6 Å². The maximum absolute atomic E-state index is 13.1. The zero-order chi connectivity index (χ0) is 35.4. The predicted molar refractivity (Wildman–Crippen MR) is 187 cm³/mol. The van der Waals surface area contributed by atoms with Crippen LogP contribution in [0.4, 0.5) is 19.0 Å². The van der Waals surface area contributed by atoms with Gasteiger partial charge in [-0.15, -0.1) is 5.10 Å². The van der Waals surface area contributed by atoms with Gasteiger partial charge < -0.3 is 9.47 Å². The van der Waals surface area contributed by atoms with Crippen LogP contribution in [0, 0.1) is 22.7 Å². The highest BCUT2D eigenvalue weighted by Gasteiger charge is 2.50. The van der Waals surface area contributed by atoms with Gasteiger partial charge in [0.05, 0.1) is 18.9 Å². The van der Waals surface area contributed by atoms with Crippen molar-refractivity contribution in [2.45, 2.75) is 52.0 Å². The molecule has 3 aliphatic heterocycles. The molecule has 7 rings (SSSR count). The lowest BCUT2D eigenvalue weighted by Crippen LogP contribution is -2.64. The molecule has 0 N–H and O–H groups in total. The normalized spacial score (nSPS) is 21.5. The fourth-order valence-electron chi connectivity index (χ4n) is 8.28. The molecule has 0 radical (unpaired) electrons. The van der Waals surface area contributed by atoms with E-state index in [-0.39, 0.29) is 17.0 Å². The third-order valence-corrected chi connectivity index (χ3v) is 12.5. The van der Waals surface area contributed by atoms with E-state index in [0.29, 0.717) is 55.5 Å². The Labute approximate surface area is 291 Å². The number of hydrogen-bond donors (Lipinski definition) is 0. The highest BCUT2D eigenvalue weighted by Crippen LogP contribution is 2.47. The Bertz CT molecular complexity index is 2050. The third kappa shape index (κ3) is 6.93. The molecule has 3 aliphatic rings. The number of nitriles is 1. The van der Waals surface area contributed by atoms with E-state index in [4.69, 9.17) is 0 Å². The van der Waals surface area contributed by atoms with Gasteiger partial charge in [0.15, 0.2) is 5.82 Å². The van der Waals surface area contributed by atoms with Crippen molar-refractivity contribution in [1.29, 1.82) is 5.26 Å². The van der Waals surface area contributed by atoms with Crippen molar-refractivity contribution in [2.24, 2.45) is 11.3 Å². The van der Waals surface area contributed by atoms with Gasteiger partial charge in [0, 0.05) is 92.0 Å². The average Bonchev–Trinajstić information content (AvgIpc) is 3.39. The molecule has 10 nitrogen and oxygen atoms in total. The van der Waals surface area contributed by atoms with E-state index < -0.39 is 22.6 Å². The van der Waals surface area contributed by atoms with Gasteiger partial charge in [0.2, 0.25) is 10.0 Å². The van der Waals surface area contributed by atoms with Crippen LogP contribution in [0.3, 0.4) is 0 Å². The summed E-state index contributed by atoms with van der Waals surface area (Å²) >= 11 is 0. The smallest absolute Gasteiger partial charge is 0.353 e. The zero-order valence-corrected chi connectivity index (χ0v) is 29.5. The van der Waals surface area contributed by atoms with Crippen LogP contribution < -0.4 is 4.90 Å². The molecule has 2 atom stereocenters. The number of fused-ring (bicyclic) bond motifs is 2. The summed E-state index contributed by atoms with van der Waals surface area (Å²) in [6.07, 6.45) is -1.35. The first-order valence-corrected chi connectivity index (χ1v) is 19.1. The Morgan fingerprint density at radius 1 is 1.02 bits per heavy atom. The highest BCUT2D eigenvalue weighted by atomic mass is 32.2. The van der Waals surface area contributed by atoms with Crippen molar-refractivity contribution in [3.05, 3.63) is 65.5 Å². The van der Waals surface area contributed by atoms with Crippen molar-refractivity contribution >= 4 is 37.5 Å². The van der Waals surface area contributed by atoms with E-state index >= 15 is 0 Å². The zero-order valence-electron chi connectivity index (χ0n) is 28.7. The van der Waals surface area contributed by atoms with Gasteiger partial charge in [0.25, 0.3) is 0 Å². The van der Waals surface area contributed by atoms with Gasteiger partial charge in [-0.25, -0.2) is 8.42 Å². The molecule has 50 heavy (non-hydrogen) atoms. The fraction of sp³-hybridized carbons (Fsp3) is 0.528. The molecule has 0 amide bonds. The van der Waals surface area contributed by atoms with Gasteiger partial charge >= 0.3 is 6.18 Å². The number of anilines is 1. The molecular weight excluding hydrogens is 666 g/mol. The summed E-state index contributed by atoms with van der Waals surface area (Å²) in [7, 11) is -3.19. The minimum Gasteiger partial charge on any atom is -0.353 e. The number of benzene rings is 2. The highest BCUT2D eigenvalue weighted by molar-refractivity contribution is 7.88. The molecule has 2 unspecified atom stereocenters. The van der Waals surface area contributed by atoms with Crippen molar-refractivity contribution in [3.63, 3.8) is 0 Å². The minimum atomic E-state index is -4.27. The molecule has 266 valence electrons. The lowest BCUT2D eigenvalue weighted by atomic mass is 9.65. The lowest BCUT2D eigenvalue weighted by Gasteiger charge is -2.58. The monoisotopic (exact) mass is 708 g/mol. The Morgan fingerprint density at radius 2 is 1.76 bits per heavy atom. The van der Waals surface area contributed by atoms with Gasteiger partial charge in [0.1, 0.15) is 11.8 Å². The van der Waals surface area contributed by atoms with Gasteiger partial charge in [-0.1, -0.05) is 25.1 Å².